The topological polar surface area (TPSA) is 74.8 Å². The standard InChI is InChI=1S/C20H21Cl2N3O2S2/c1-4-14-6-5-7-19(12(14)2)28-20-23-11-18(24-20)13(3)25-29(26,27)15-8-9-16(21)17(22)10-15/h5-11,13,25H,4H2,1-3H3,(H,23,24). The molecule has 0 aliphatic carbocycles. The number of nitrogens with one attached hydrogen (secondary N) is 2. The first kappa shape index (κ1) is 22.2. The van der Waals surface area contributed by atoms with Crippen LogP contribution in [0.15, 0.2) is 57.5 Å². The van der Waals surface area contributed by atoms with Crippen molar-refractivity contribution in [2.75, 3.05) is 0 Å². The van der Waals surface area contributed by atoms with Gasteiger partial charge in [-0.15, -0.1) is 0 Å². The Morgan fingerprint density at radius 3 is 2.66 bits per heavy atom. The summed E-state index contributed by atoms with van der Waals surface area (Å²) < 4.78 is 27.9. The van der Waals surface area contributed by atoms with E-state index in [1.165, 1.54) is 41.1 Å². The van der Waals surface area contributed by atoms with Crippen LogP contribution in [0.2, 0.25) is 10.0 Å². The van der Waals surface area contributed by atoms with Gasteiger partial charge in [-0.2, -0.15) is 0 Å². The molecule has 1 aromatic heterocycles. The van der Waals surface area contributed by atoms with E-state index in [-0.39, 0.29) is 9.92 Å². The molecule has 3 rings (SSSR count). The average molecular weight is 470 g/mol. The third-order valence-electron chi connectivity index (χ3n) is 4.56. The molecule has 0 aliphatic heterocycles. The second-order valence-corrected chi connectivity index (χ2v) is 10.1. The first-order valence-corrected chi connectivity index (χ1v) is 12.1. The number of nitrogens with zero attached hydrogens (tertiary/aromatic N) is 1. The first-order chi connectivity index (χ1) is 13.7. The predicted octanol–water partition coefficient (Wildman–Crippen LogP) is 5.78. The normalized spacial score (nSPS) is 12.9. The van der Waals surface area contributed by atoms with E-state index < -0.39 is 16.1 Å². The van der Waals surface area contributed by atoms with Gasteiger partial charge in [0.1, 0.15) is 0 Å². The van der Waals surface area contributed by atoms with E-state index in [4.69, 9.17) is 23.2 Å². The van der Waals surface area contributed by atoms with Crippen LogP contribution in [0, 0.1) is 6.92 Å². The summed E-state index contributed by atoms with van der Waals surface area (Å²) in [5.41, 5.74) is 3.19. The van der Waals surface area contributed by atoms with Crippen LogP contribution in [0.3, 0.4) is 0 Å². The molecule has 2 aromatic carbocycles. The third-order valence-corrected chi connectivity index (χ3v) is 7.90. The van der Waals surface area contributed by atoms with Gasteiger partial charge in [-0.1, -0.05) is 54.0 Å². The Kier molecular flexibility index (Phi) is 6.96. The summed E-state index contributed by atoms with van der Waals surface area (Å²) in [4.78, 5) is 8.77. The van der Waals surface area contributed by atoms with Crippen molar-refractivity contribution in [2.24, 2.45) is 0 Å². The van der Waals surface area contributed by atoms with E-state index in [1.807, 2.05) is 6.07 Å². The lowest BCUT2D eigenvalue weighted by atomic mass is 10.1. The van der Waals surface area contributed by atoms with Crippen LogP contribution in [0.5, 0.6) is 0 Å². The SMILES string of the molecule is CCc1cccc(Sc2ncc(C(C)NS(=O)(=O)c3ccc(Cl)c(Cl)c3)[nH]2)c1C. The van der Waals surface area contributed by atoms with Gasteiger partial charge in [-0.25, -0.2) is 18.1 Å². The van der Waals surface area contributed by atoms with Crippen LogP contribution in [0.25, 0.3) is 0 Å². The lowest BCUT2D eigenvalue weighted by molar-refractivity contribution is 0.564. The minimum Gasteiger partial charge on any atom is -0.335 e. The Morgan fingerprint density at radius 1 is 1.21 bits per heavy atom. The summed E-state index contributed by atoms with van der Waals surface area (Å²) in [6.07, 6.45) is 2.61. The van der Waals surface area contributed by atoms with Gasteiger partial charge in [0.25, 0.3) is 0 Å². The van der Waals surface area contributed by atoms with Gasteiger partial charge in [0, 0.05) is 4.90 Å². The minimum absolute atomic E-state index is 0.0554. The molecule has 0 spiro atoms. The van der Waals surface area contributed by atoms with Crippen molar-refractivity contribution in [3.05, 3.63) is 69.5 Å². The van der Waals surface area contributed by atoms with Crippen LogP contribution < -0.4 is 4.72 Å². The maximum Gasteiger partial charge on any atom is 0.241 e. The highest BCUT2D eigenvalue weighted by molar-refractivity contribution is 7.99. The van der Waals surface area contributed by atoms with E-state index in [1.54, 1.807) is 13.1 Å². The zero-order valence-corrected chi connectivity index (χ0v) is 19.3. The second-order valence-electron chi connectivity index (χ2n) is 6.56. The highest BCUT2D eigenvalue weighted by Gasteiger charge is 2.21. The number of sulfonamides is 1. The molecule has 0 radical (unpaired) electrons. The number of H-pyrrole nitrogens is 1. The molecule has 1 heterocycles. The van der Waals surface area contributed by atoms with Gasteiger partial charge < -0.3 is 4.98 Å². The van der Waals surface area contributed by atoms with Gasteiger partial charge in [0.05, 0.1) is 32.9 Å². The highest BCUT2D eigenvalue weighted by Crippen LogP contribution is 2.31. The molecule has 0 saturated carbocycles. The summed E-state index contributed by atoms with van der Waals surface area (Å²) in [7, 11) is -3.76. The Labute approximate surface area is 185 Å². The number of hydrogen-bond donors (Lipinski definition) is 2. The quantitative estimate of drug-likeness (QED) is 0.459. The zero-order chi connectivity index (χ0) is 21.2. The fourth-order valence-electron chi connectivity index (χ4n) is 2.85. The molecule has 2 N–H and O–H groups in total. The number of aromatic amines is 1. The molecular formula is C20H21Cl2N3O2S2. The Morgan fingerprint density at radius 2 is 1.97 bits per heavy atom. The Balaban J connectivity index is 1.75. The van der Waals surface area contributed by atoms with E-state index in [9.17, 15) is 8.42 Å². The molecule has 0 aliphatic rings. The fraction of sp³-hybridized carbons (Fsp3) is 0.250. The first-order valence-electron chi connectivity index (χ1n) is 9.00. The summed E-state index contributed by atoms with van der Waals surface area (Å²) in [6.45, 7) is 5.97. The fourth-order valence-corrected chi connectivity index (χ4v) is 5.38. The smallest absolute Gasteiger partial charge is 0.241 e. The van der Waals surface area contributed by atoms with E-state index in [0.717, 1.165) is 11.3 Å². The minimum atomic E-state index is -3.76. The average Bonchev–Trinajstić information content (AvgIpc) is 3.14. The predicted molar refractivity (Wildman–Crippen MR) is 118 cm³/mol. The number of rotatable bonds is 7. The molecule has 0 saturated heterocycles. The number of hydrogen-bond acceptors (Lipinski definition) is 4. The number of aromatic nitrogens is 2. The molecule has 154 valence electrons. The number of imidazole rings is 1. The third kappa shape index (κ3) is 5.16. The van der Waals surface area contributed by atoms with Gasteiger partial charge in [0.15, 0.2) is 5.16 Å². The van der Waals surface area contributed by atoms with Gasteiger partial charge in [-0.05, 0) is 55.7 Å². The summed E-state index contributed by atoms with van der Waals surface area (Å²) in [6, 6.07) is 9.91. The lowest BCUT2D eigenvalue weighted by Gasteiger charge is -2.13. The Hall–Kier alpha value is -1.51. The second kappa shape index (κ2) is 9.10. The molecule has 1 atom stereocenters. The van der Waals surface area contributed by atoms with Crippen molar-refractivity contribution < 1.29 is 8.42 Å². The van der Waals surface area contributed by atoms with Gasteiger partial charge in [-0.3, -0.25) is 0 Å². The van der Waals surface area contributed by atoms with Crippen molar-refractivity contribution >= 4 is 45.0 Å². The zero-order valence-electron chi connectivity index (χ0n) is 16.2. The number of halogens is 2. The van der Waals surface area contributed by atoms with E-state index >= 15 is 0 Å². The van der Waals surface area contributed by atoms with Crippen LogP contribution >= 0.6 is 35.0 Å². The van der Waals surface area contributed by atoms with Crippen LogP contribution in [0.1, 0.15) is 36.7 Å². The van der Waals surface area contributed by atoms with Crippen molar-refractivity contribution in [3.8, 4) is 0 Å². The van der Waals surface area contributed by atoms with Crippen molar-refractivity contribution in [1.82, 2.24) is 14.7 Å². The van der Waals surface area contributed by atoms with Crippen molar-refractivity contribution in [2.45, 2.75) is 48.2 Å². The van der Waals surface area contributed by atoms with Crippen molar-refractivity contribution in [3.63, 3.8) is 0 Å². The summed E-state index contributed by atoms with van der Waals surface area (Å²) in [5, 5.41) is 1.19. The maximum atomic E-state index is 12.6. The van der Waals surface area contributed by atoms with Crippen LogP contribution in [-0.4, -0.2) is 18.4 Å². The molecule has 9 heteroatoms. The largest absolute Gasteiger partial charge is 0.335 e. The van der Waals surface area contributed by atoms with Crippen molar-refractivity contribution in [1.29, 1.82) is 0 Å². The van der Waals surface area contributed by atoms with Gasteiger partial charge in [0.2, 0.25) is 10.0 Å². The number of aryl methyl sites for hydroxylation is 1. The molecule has 0 bridgehead atoms. The highest BCUT2D eigenvalue weighted by atomic mass is 35.5. The maximum absolute atomic E-state index is 12.6. The molecular weight excluding hydrogens is 449 g/mol. The Bertz CT molecular complexity index is 1130. The summed E-state index contributed by atoms with van der Waals surface area (Å²) >= 11 is 13.3. The van der Waals surface area contributed by atoms with E-state index in [0.29, 0.717) is 15.9 Å². The van der Waals surface area contributed by atoms with Gasteiger partial charge >= 0.3 is 0 Å². The molecule has 5 nitrogen and oxygen atoms in total. The molecule has 3 aromatic rings. The van der Waals surface area contributed by atoms with Crippen LogP contribution in [0.4, 0.5) is 0 Å². The number of benzene rings is 2. The summed E-state index contributed by atoms with van der Waals surface area (Å²) in [5.74, 6) is 0. The monoisotopic (exact) mass is 469 g/mol. The van der Waals surface area contributed by atoms with E-state index in [2.05, 4.69) is 40.7 Å². The molecule has 0 fully saturated rings. The molecule has 0 amide bonds. The molecule has 29 heavy (non-hydrogen) atoms. The molecule has 1 unspecified atom stereocenters. The van der Waals surface area contributed by atoms with Crippen LogP contribution in [-0.2, 0) is 16.4 Å². The lowest BCUT2D eigenvalue weighted by Crippen LogP contribution is -2.27.